The molecule has 1 aromatic carbocycles. The quantitative estimate of drug-likeness (QED) is 0.907. The fourth-order valence-electron chi connectivity index (χ4n) is 4.12. The van der Waals surface area contributed by atoms with Gasteiger partial charge in [0.05, 0.1) is 0 Å². The average molecular weight is 294 g/mol. The van der Waals surface area contributed by atoms with Crippen LogP contribution >= 0.6 is 11.6 Å². The van der Waals surface area contributed by atoms with Crippen LogP contribution in [0.2, 0.25) is 5.02 Å². The fourth-order valence-corrected chi connectivity index (χ4v) is 4.40. The number of rotatable bonds is 2. The van der Waals surface area contributed by atoms with E-state index in [-0.39, 0.29) is 6.04 Å². The van der Waals surface area contributed by atoms with Crippen molar-refractivity contribution in [2.45, 2.75) is 31.7 Å². The van der Waals surface area contributed by atoms with Crippen molar-refractivity contribution in [1.82, 2.24) is 0 Å². The molecule has 1 heterocycles. The maximum atomic E-state index is 6.51. The van der Waals surface area contributed by atoms with Gasteiger partial charge in [-0.05, 0) is 42.2 Å². The summed E-state index contributed by atoms with van der Waals surface area (Å²) in [4.78, 5) is 0. The summed E-state index contributed by atoms with van der Waals surface area (Å²) in [6.45, 7) is 1.18. The molecule has 108 valence electrons. The van der Waals surface area contributed by atoms with Gasteiger partial charge in [-0.2, -0.15) is 0 Å². The Morgan fingerprint density at radius 3 is 2.30 bits per heavy atom. The maximum Gasteiger partial charge on any atom is 0.162 e. The van der Waals surface area contributed by atoms with E-state index in [2.05, 4.69) is 0 Å². The van der Waals surface area contributed by atoms with Gasteiger partial charge in [0.2, 0.25) is 0 Å². The van der Waals surface area contributed by atoms with Crippen LogP contribution in [0.25, 0.3) is 0 Å². The second-order valence-electron chi connectivity index (χ2n) is 6.23. The highest BCUT2D eigenvalue weighted by Gasteiger charge is 2.53. The molecule has 0 saturated heterocycles. The van der Waals surface area contributed by atoms with Crippen LogP contribution < -0.4 is 15.2 Å². The Labute approximate surface area is 124 Å². The number of nitrogens with two attached hydrogens (primary N) is 1. The molecule has 2 fully saturated rings. The number of fused-ring (bicyclic) bond motifs is 2. The van der Waals surface area contributed by atoms with Gasteiger partial charge >= 0.3 is 0 Å². The van der Waals surface area contributed by atoms with Gasteiger partial charge in [0.15, 0.2) is 11.5 Å². The molecule has 1 aromatic rings. The molecule has 2 aliphatic carbocycles. The summed E-state index contributed by atoms with van der Waals surface area (Å²) in [5.41, 5.74) is 7.54. The van der Waals surface area contributed by atoms with Gasteiger partial charge in [0.1, 0.15) is 13.2 Å². The van der Waals surface area contributed by atoms with Gasteiger partial charge in [-0.25, -0.2) is 0 Å². The normalized spacial score (nSPS) is 32.4. The van der Waals surface area contributed by atoms with Gasteiger partial charge in [0, 0.05) is 17.1 Å². The van der Waals surface area contributed by atoms with E-state index in [1.807, 2.05) is 12.1 Å². The largest absolute Gasteiger partial charge is 0.486 e. The van der Waals surface area contributed by atoms with Crippen molar-refractivity contribution < 1.29 is 9.47 Å². The predicted octanol–water partition coefficient (Wildman–Crippen LogP) is 3.55. The van der Waals surface area contributed by atoms with Crippen LogP contribution in [0.4, 0.5) is 0 Å². The Morgan fingerprint density at radius 1 is 1.05 bits per heavy atom. The highest BCUT2D eigenvalue weighted by atomic mass is 35.5. The molecular formula is C16H20ClNO2. The smallest absolute Gasteiger partial charge is 0.162 e. The highest BCUT2D eigenvalue weighted by molar-refractivity contribution is 6.31. The Bertz CT molecular complexity index is 521. The van der Waals surface area contributed by atoms with Gasteiger partial charge in [-0.15, -0.1) is 0 Å². The molecule has 1 aliphatic heterocycles. The van der Waals surface area contributed by atoms with E-state index in [0.717, 1.165) is 28.9 Å². The van der Waals surface area contributed by atoms with E-state index in [1.165, 1.54) is 25.7 Å². The first-order valence-corrected chi connectivity index (χ1v) is 7.98. The van der Waals surface area contributed by atoms with Crippen LogP contribution in [0.5, 0.6) is 11.5 Å². The van der Waals surface area contributed by atoms with Crippen molar-refractivity contribution in [3.8, 4) is 11.5 Å². The third-order valence-electron chi connectivity index (χ3n) is 5.16. The molecule has 0 bridgehead atoms. The van der Waals surface area contributed by atoms with E-state index >= 15 is 0 Å². The molecule has 0 radical (unpaired) electrons. The Hall–Kier alpha value is -0.930. The lowest BCUT2D eigenvalue weighted by Crippen LogP contribution is -2.18. The average Bonchev–Trinajstić information content (AvgIpc) is 3.20. The van der Waals surface area contributed by atoms with Crippen LogP contribution in [0.15, 0.2) is 12.1 Å². The van der Waals surface area contributed by atoms with Gasteiger partial charge in [-0.1, -0.05) is 24.4 Å². The SMILES string of the molecule is NC(c1cc2c(cc1Cl)OCCO2)C1C2CCCCC21. The minimum Gasteiger partial charge on any atom is -0.486 e. The van der Waals surface area contributed by atoms with Crippen molar-refractivity contribution in [2.75, 3.05) is 13.2 Å². The lowest BCUT2D eigenvalue weighted by atomic mass is 10.00. The summed E-state index contributed by atoms with van der Waals surface area (Å²) in [5, 5.41) is 0.713. The molecule has 4 heteroatoms. The maximum absolute atomic E-state index is 6.51. The first-order valence-electron chi connectivity index (χ1n) is 7.60. The molecule has 3 nitrogen and oxygen atoms in total. The lowest BCUT2D eigenvalue weighted by Gasteiger charge is -2.22. The lowest BCUT2D eigenvalue weighted by molar-refractivity contribution is 0.171. The third-order valence-corrected chi connectivity index (χ3v) is 5.49. The topological polar surface area (TPSA) is 44.5 Å². The van der Waals surface area contributed by atoms with E-state index in [4.69, 9.17) is 26.8 Å². The highest BCUT2D eigenvalue weighted by Crippen LogP contribution is 2.60. The second-order valence-corrected chi connectivity index (χ2v) is 6.64. The van der Waals surface area contributed by atoms with E-state index in [9.17, 15) is 0 Å². The summed E-state index contributed by atoms with van der Waals surface area (Å²) in [5.74, 6) is 3.78. The minimum absolute atomic E-state index is 0.0337. The van der Waals surface area contributed by atoms with Gasteiger partial charge in [-0.3, -0.25) is 0 Å². The summed E-state index contributed by atoms with van der Waals surface area (Å²) < 4.78 is 11.2. The van der Waals surface area contributed by atoms with Crippen molar-refractivity contribution in [3.05, 3.63) is 22.7 Å². The monoisotopic (exact) mass is 293 g/mol. The van der Waals surface area contributed by atoms with Crippen molar-refractivity contribution in [2.24, 2.45) is 23.5 Å². The van der Waals surface area contributed by atoms with Crippen molar-refractivity contribution in [1.29, 1.82) is 0 Å². The zero-order chi connectivity index (χ0) is 13.7. The van der Waals surface area contributed by atoms with Crippen molar-refractivity contribution >= 4 is 11.6 Å². The fraction of sp³-hybridized carbons (Fsp3) is 0.625. The van der Waals surface area contributed by atoms with Gasteiger partial charge < -0.3 is 15.2 Å². The molecule has 3 aliphatic rings. The summed E-state index contributed by atoms with van der Waals surface area (Å²) in [6, 6.07) is 3.88. The molecule has 0 spiro atoms. The first-order chi connectivity index (χ1) is 9.75. The van der Waals surface area contributed by atoms with Crippen LogP contribution in [0.3, 0.4) is 0 Å². The third kappa shape index (κ3) is 1.99. The Balaban J connectivity index is 1.61. The van der Waals surface area contributed by atoms with E-state index in [0.29, 0.717) is 24.2 Å². The molecule has 3 unspecified atom stereocenters. The van der Waals surface area contributed by atoms with Gasteiger partial charge in [0.25, 0.3) is 0 Å². The summed E-state index contributed by atoms with van der Waals surface area (Å²) in [6.07, 6.45) is 5.40. The summed E-state index contributed by atoms with van der Waals surface area (Å²) >= 11 is 6.41. The molecule has 2 N–H and O–H groups in total. The zero-order valence-corrected chi connectivity index (χ0v) is 12.2. The molecule has 20 heavy (non-hydrogen) atoms. The molecule has 4 rings (SSSR count). The Kier molecular flexibility index (Phi) is 3.08. The first kappa shape index (κ1) is 12.8. The number of benzene rings is 1. The van der Waals surface area contributed by atoms with Crippen molar-refractivity contribution in [3.63, 3.8) is 0 Å². The molecule has 3 atom stereocenters. The number of ether oxygens (including phenoxy) is 2. The number of halogens is 1. The van der Waals surface area contributed by atoms with Crippen LogP contribution in [0, 0.1) is 17.8 Å². The van der Waals surface area contributed by atoms with E-state index < -0.39 is 0 Å². The predicted molar refractivity (Wildman–Crippen MR) is 78.3 cm³/mol. The second kappa shape index (κ2) is 4.81. The Morgan fingerprint density at radius 2 is 1.65 bits per heavy atom. The molecular weight excluding hydrogens is 274 g/mol. The van der Waals surface area contributed by atoms with Crippen LogP contribution in [0.1, 0.15) is 37.3 Å². The van der Waals surface area contributed by atoms with Crippen LogP contribution in [-0.4, -0.2) is 13.2 Å². The molecule has 2 saturated carbocycles. The van der Waals surface area contributed by atoms with Crippen LogP contribution in [-0.2, 0) is 0 Å². The zero-order valence-electron chi connectivity index (χ0n) is 11.5. The standard InChI is InChI=1S/C16H20ClNO2/c17-12-8-14-13(19-5-6-20-14)7-11(12)16(18)15-9-3-1-2-4-10(9)15/h7-10,15-16H,1-6,18H2. The number of hydrogen-bond acceptors (Lipinski definition) is 3. The summed E-state index contributed by atoms with van der Waals surface area (Å²) in [7, 11) is 0. The minimum atomic E-state index is 0.0337. The molecule has 0 aromatic heterocycles. The molecule has 0 amide bonds. The number of hydrogen-bond donors (Lipinski definition) is 1. The van der Waals surface area contributed by atoms with E-state index in [1.54, 1.807) is 0 Å².